The van der Waals surface area contributed by atoms with Crippen molar-refractivity contribution >= 4 is 5.78 Å². The molecule has 0 saturated heterocycles. The summed E-state index contributed by atoms with van der Waals surface area (Å²) in [5.74, 6) is 0.385. The van der Waals surface area contributed by atoms with E-state index in [1.165, 1.54) is 0 Å². The molecule has 2 rings (SSSR count). The Bertz CT molecular complexity index is 382. The number of para-hydroxylation sites is 1. The molecule has 3 nitrogen and oxygen atoms in total. The predicted octanol–water partition coefficient (Wildman–Crippen LogP) is 1.61. The second-order valence-electron chi connectivity index (χ2n) is 4.02. The van der Waals surface area contributed by atoms with Crippen molar-refractivity contribution in [1.82, 2.24) is 0 Å². The second kappa shape index (κ2) is 2.82. The predicted molar refractivity (Wildman–Crippen MR) is 51.2 cm³/mol. The van der Waals surface area contributed by atoms with Gasteiger partial charge in [-0.1, -0.05) is 12.1 Å². The van der Waals surface area contributed by atoms with Gasteiger partial charge in [-0.2, -0.15) is 0 Å². The summed E-state index contributed by atoms with van der Waals surface area (Å²) >= 11 is 0. The maximum Gasteiger partial charge on any atom is 0.209 e. The largest absolute Gasteiger partial charge is 0.463 e. The van der Waals surface area contributed by atoms with Crippen LogP contribution in [0.2, 0.25) is 0 Å². The van der Waals surface area contributed by atoms with Gasteiger partial charge in [-0.3, -0.25) is 4.79 Å². The number of ketones is 1. The third-order valence-electron chi connectivity index (χ3n) is 2.57. The van der Waals surface area contributed by atoms with Crippen LogP contribution in [0.25, 0.3) is 0 Å². The summed E-state index contributed by atoms with van der Waals surface area (Å²) in [5, 5.41) is 9.61. The number of rotatable bonds is 0. The molecule has 1 aliphatic heterocycles. The molecular formula is C11H12O3. The maximum atomic E-state index is 11.9. The number of ether oxygens (including phenoxy) is 1. The number of carbonyl (C=O) groups excluding carboxylic acids is 1. The molecule has 0 aromatic heterocycles. The van der Waals surface area contributed by atoms with Crippen molar-refractivity contribution in [3.63, 3.8) is 0 Å². The van der Waals surface area contributed by atoms with E-state index in [0.29, 0.717) is 11.3 Å². The van der Waals surface area contributed by atoms with Crippen LogP contribution in [0.1, 0.15) is 24.2 Å². The summed E-state index contributed by atoms with van der Waals surface area (Å²) in [4.78, 5) is 11.9. The topological polar surface area (TPSA) is 46.5 Å². The second-order valence-corrected chi connectivity index (χ2v) is 4.02. The molecule has 74 valence electrons. The average Bonchev–Trinajstić information content (AvgIpc) is 2.15. The number of Topliss-reactive ketones (excluding diaryl/α,β-unsaturated/α-hetero) is 1. The van der Waals surface area contributed by atoms with Crippen molar-refractivity contribution < 1.29 is 14.6 Å². The van der Waals surface area contributed by atoms with E-state index in [9.17, 15) is 9.90 Å². The Kier molecular flexibility index (Phi) is 1.86. The van der Waals surface area contributed by atoms with Gasteiger partial charge in [-0.15, -0.1) is 0 Å². The minimum Gasteiger partial charge on any atom is -0.463 e. The molecule has 1 N–H and O–H groups in total. The van der Waals surface area contributed by atoms with Crippen molar-refractivity contribution in [3.8, 4) is 5.75 Å². The fourth-order valence-corrected chi connectivity index (χ4v) is 1.48. The molecular weight excluding hydrogens is 180 g/mol. The molecule has 0 fully saturated rings. The van der Waals surface area contributed by atoms with E-state index in [-0.39, 0.29) is 5.78 Å². The molecule has 1 unspecified atom stereocenters. The number of benzene rings is 1. The minimum absolute atomic E-state index is 0.0770. The molecule has 0 radical (unpaired) electrons. The lowest BCUT2D eigenvalue weighted by Gasteiger charge is -2.34. The highest BCUT2D eigenvalue weighted by Crippen LogP contribution is 2.36. The van der Waals surface area contributed by atoms with Gasteiger partial charge in [0.2, 0.25) is 6.29 Å². The van der Waals surface area contributed by atoms with Gasteiger partial charge in [-0.05, 0) is 26.0 Å². The lowest BCUT2D eigenvalue weighted by atomic mass is 9.81. The molecule has 1 atom stereocenters. The molecule has 0 bridgehead atoms. The molecule has 3 heteroatoms. The molecule has 14 heavy (non-hydrogen) atoms. The Hall–Kier alpha value is -1.35. The Labute approximate surface area is 82.3 Å². The van der Waals surface area contributed by atoms with Crippen molar-refractivity contribution in [2.45, 2.75) is 20.1 Å². The lowest BCUT2D eigenvalue weighted by Crippen LogP contribution is -2.44. The van der Waals surface area contributed by atoms with Gasteiger partial charge in [0.05, 0.1) is 11.0 Å². The fraction of sp³-hybridized carbons (Fsp3) is 0.364. The van der Waals surface area contributed by atoms with Crippen molar-refractivity contribution in [2.24, 2.45) is 5.41 Å². The number of aliphatic hydroxyl groups is 1. The first kappa shape index (κ1) is 9.21. The third-order valence-corrected chi connectivity index (χ3v) is 2.57. The summed E-state index contributed by atoms with van der Waals surface area (Å²) in [6.07, 6.45) is -1.06. The van der Waals surface area contributed by atoms with E-state index >= 15 is 0 Å². The molecule has 1 aliphatic rings. The fourth-order valence-electron chi connectivity index (χ4n) is 1.48. The lowest BCUT2D eigenvalue weighted by molar-refractivity contribution is -0.0915. The molecule has 1 heterocycles. The van der Waals surface area contributed by atoms with Gasteiger partial charge in [-0.25, -0.2) is 0 Å². The van der Waals surface area contributed by atoms with Crippen LogP contribution in [0.3, 0.4) is 0 Å². The van der Waals surface area contributed by atoms with Crippen LogP contribution in [-0.2, 0) is 0 Å². The first-order chi connectivity index (χ1) is 6.53. The van der Waals surface area contributed by atoms with E-state index in [4.69, 9.17) is 4.74 Å². The normalized spacial score (nSPS) is 23.9. The van der Waals surface area contributed by atoms with Gasteiger partial charge < -0.3 is 9.84 Å². The molecule has 1 aromatic carbocycles. The highest BCUT2D eigenvalue weighted by atomic mass is 16.6. The van der Waals surface area contributed by atoms with Crippen LogP contribution in [0, 0.1) is 5.41 Å². The Balaban J connectivity index is 2.55. The Morgan fingerprint density at radius 1 is 1.36 bits per heavy atom. The van der Waals surface area contributed by atoms with Crippen LogP contribution in [-0.4, -0.2) is 17.2 Å². The van der Waals surface area contributed by atoms with Gasteiger partial charge >= 0.3 is 0 Å². The standard InChI is InChI=1S/C11H12O3/c1-11(2)9(12)7-5-3-4-6-8(7)14-10(11)13/h3-6,10,13H,1-2H3. The average molecular weight is 192 g/mol. The first-order valence-corrected chi connectivity index (χ1v) is 4.52. The van der Waals surface area contributed by atoms with Crippen molar-refractivity contribution in [2.75, 3.05) is 0 Å². The highest BCUT2D eigenvalue weighted by molar-refractivity contribution is 6.03. The first-order valence-electron chi connectivity index (χ1n) is 4.52. The van der Waals surface area contributed by atoms with Gasteiger partial charge in [0, 0.05) is 0 Å². The number of hydrogen-bond acceptors (Lipinski definition) is 3. The van der Waals surface area contributed by atoms with Crippen molar-refractivity contribution in [3.05, 3.63) is 29.8 Å². The zero-order valence-electron chi connectivity index (χ0n) is 8.15. The SMILES string of the molecule is CC1(C)C(=O)c2ccccc2OC1O. The summed E-state index contributed by atoms with van der Waals surface area (Å²) in [7, 11) is 0. The van der Waals surface area contributed by atoms with E-state index in [0.717, 1.165) is 0 Å². The van der Waals surface area contributed by atoms with E-state index in [1.807, 2.05) is 0 Å². The van der Waals surface area contributed by atoms with Crippen LogP contribution in [0.15, 0.2) is 24.3 Å². The Morgan fingerprint density at radius 2 is 2.00 bits per heavy atom. The molecule has 0 amide bonds. The van der Waals surface area contributed by atoms with Crippen LogP contribution in [0.5, 0.6) is 5.75 Å². The Morgan fingerprint density at radius 3 is 2.71 bits per heavy atom. The number of carbonyl (C=O) groups is 1. The summed E-state index contributed by atoms with van der Waals surface area (Å²) in [6, 6.07) is 6.96. The minimum atomic E-state index is -1.06. The van der Waals surface area contributed by atoms with E-state index in [1.54, 1.807) is 38.1 Å². The molecule has 0 spiro atoms. The molecule has 0 saturated carbocycles. The number of aliphatic hydroxyl groups excluding tert-OH is 1. The van der Waals surface area contributed by atoms with E-state index in [2.05, 4.69) is 0 Å². The third kappa shape index (κ3) is 1.13. The number of fused-ring (bicyclic) bond motifs is 1. The monoisotopic (exact) mass is 192 g/mol. The zero-order chi connectivity index (χ0) is 10.3. The van der Waals surface area contributed by atoms with Crippen LogP contribution in [0.4, 0.5) is 0 Å². The van der Waals surface area contributed by atoms with Gasteiger partial charge in [0.25, 0.3) is 0 Å². The smallest absolute Gasteiger partial charge is 0.209 e. The zero-order valence-corrected chi connectivity index (χ0v) is 8.15. The summed E-state index contributed by atoms with van der Waals surface area (Å²) in [6.45, 7) is 3.35. The van der Waals surface area contributed by atoms with Crippen molar-refractivity contribution in [1.29, 1.82) is 0 Å². The summed E-state index contributed by atoms with van der Waals surface area (Å²) in [5.41, 5.74) is -0.322. The highest BCUT2D eigenvalue weighted by Gasteiger charge is 2.43. The number of hydrogen-bond donors (Lipinski definition) is 1. The van der Waals surface area contributed by atoms with Crippen LogP contribution >= 0.6 is 0 Å². The van der Waals surface area contributed by atoms with E-state index < -0.39 is 11.7 Å². The molecule has 1 aromatic rings. The maximum absolute atomic E-state index is 11.9. The van der Waals surface area contributed by atoms with Gasteiger partial charge in [0.15, 0.2) is 5.78 Å². The van der Waals surface area contributed by atoms with Crippen LogP contribution < -0.4 is 4.74 Å². The van der Waals surface area contributed by atoms with Gasteiger partial charge in [0.1, 0.15) is 5.75 Å². The quantitative estimate of drug-likeness (QED) is 0.679. The molecule has 0 aliphatic carbocycles. The summed E-state index contributed by atoms with van der Waals surface area (Å²) < 4.78 is 5.25.